The van der Waals surface area contributed by atoms with Gasteiger partial charge in [0.2, 0.25) is 0 Å². The van der Waals surface area contributed by atoms with Gasteiger partial charge in [0.25, 0.3) is 5.91 Å². The van der Waals surface area contributed by atoms with Gasteiger partial charge in [-0.15, -0.1) is 0 Å². The van der Waals surface area contributed by atoms with E-state index in [1.165, 1.54) is 25.7 Å². The molecule has 0 aromatic carbocycles. The van der Waals surface area contributed by atoms with E-state index in [4.69, 9.17) is 10.2 Å². The van der Waals surface area contributed by atoms with E-state index in [0.717, 1.165) is 5.76 Å². The third-order valence-corrected chi connectivity index (χ3v) is 3.82. The highest BCUT2D eigenvalue weighted by Gasteiger charge is 2.26. The van der Waals surface area contributed by atoms with Crippen molar-refractivity contribution in [1.29, 1.82) is 0 Å². The second-order valence-corrected chi connectivity index (χ2v) is 5.19. The summed E-state index contributed by atoms with van der Waals surface area (Å²) < 4.78 is 5.38. The van der Waals surface area contributed by atoms with Gasteiger partial charge in [0.05, 0.1) is 5.56 Å². The van der Waals surface area contributed by atoms with Gasteiger partial charge in [-0.3, -0.25) is 4.79 Å². The van der Waals surface area contributed by atoms with Crippen LogP contribution in [-0.4, -0.2) is 18.5 Å². The van der Waals surface area contributed by atoms with Gasteiger partial charge < -0.3 is 15.5 Å². The highest BCUT2D eigenvalue weighted by atomic mass is 16.3. The predicted octanol–water partition coefficient (Wildman–Crippen LogP) is 2.14. The molecular weight excluding hydrogens is 228 g/mol. The number of hydrogen-bond acceptors (Lipinski definition) is 3. The number of furan rings is 1. The van der Waals surface area contributed by atoms with Crippen molar-refractivity contribution in [2.45, 2.75) is 45.6 Å². The van der Waals surface area contributed by atoms with E-state index < -0.39 is 0 Å². The van der Waals surface area contributed by atoms with Crippen LogP contribution in [0, 0.1) is 19.8 Å². The molecule has 0 aliphatic heterocycles. The standard InChI is InChI=1S/C14H22N2O2/c1-9-7-12(10(2)18-9)14(17)16-13(8-15)11-5-3-4-6-11/h7,11,13H,3-6,8,15H2,1-2H3,(H,16,17). The van der Waals surface area contributed by atoms with Crippen molar-refractivity contribution in [3.8, 4) is 0 Å². The van der Waals surface area contributed by atoms with Gasteiger partial charge in [-0.05, 0) is 38.7 Å². The van der Waals surface area contributed by atoms with Gasteiger partial charge in [-0.25, -0.2) is 0 Å². The lowest BCUT2D eigenvalue weighted by Gasteiger charge is -2.22. The molecule has 0 radical (unpaired) electrons. The first-order chi connectivity index (χ1) is 8.61. The monoisotopic (exact) mass is 250 g/mol. The molecule has 0 bridgehead atoms. The maximum absolute atomic E-state index is 12.2. The van der Waals surface area contributed by atoms with Gasteiger partial charge in [-0.2, -0.15) is 0 Å². The maximum atomic E-state index is 12.2. The van der Waals surface area contributed by atoms with Crippen molar-refractivity contribution in [3.05, 3.63) is 23.2 Å². The summed E-state index contributed by atoms with van der Waals surface area (Å²) in [6.07, 6.45) is 4.85. The number of carbonyl (C=O) groups is 1. The molecule has 0 spiro atoms. The summed E-state index contributed by atoms with van der Waals surface area (Å²) in [6.45, 7) is 4.17. The minimum absolute atomic E-state index is 0.0632. The van der Waals surface area contributed by atoms with Gasteiger partial charge in [0.15, 0.2) is 0 Å². The van der Waals surface area contributed by atoms with Crippen LogP contribution in [0.1, 0.15) is 47.6 Å². The molecule has 1 aromatic rings. The van der Waals surface area contributed by atoms with Crippen molar-refractivity contribution in [3.63, 3.8) is 0 Å². The number of hydrogen-bond donors (Lipinski definition) is 2. The summed E-state index contributed by atoms with van der Waals surface area (Å²) in [5.74, 6) is 1.91. The molecule has 1 saturated carbocycles. The van der Waals surface area contributed by atoms with Gasteiger partial charge >= 0.3 is 0 Å². The summed E-state index contributed by atoms with van der Waals surface area (Å²) in [4.78, 5) is 12.2. The molecular formula is C14H22N2O2. The fourth-order valence-electron chi connectivity index (χ4n) is 2.83. The van der Waals surface area contributed by atoms with Crippen molar-refractivity contribution in [2.75, 3.05) is 6.54 Å². The number of nitrogens with two attached hydrogens (primary N) is 1. The fourth-order valence-corrected chi connectivity index (χ4v) is 2.83. The minimum Gasteiger partial charge on any atom is -0.466 e. The zero-order valence-corrected chi connectivity index (χ0v) is 11.2. The molecule has 1 aliphatic carbocycles. The predicted molar refractivity (Wildman–Crippen MR) is 70.4 cm³/mol. The summed E-state index contributed by atoms with van der Waals surface area (Å²) in [5.41, 5.74) is 6.41. The lowest BCUT2D eigenvalue weighted by molar-refractivity contribution is 0.0922. The lowest BCUT2D eigenvalue weighted by Crippen LogP contribution is -2.44. The first-order valence-electron chi connectivity index (χ1n) is 6.69. The average molecular weight is 250 g/mol. The van der Waals surface area contributed by atoms with E-state index in [1.54, 1.807) is 6.07 Å². The first-order valence-corrected chi connectivity index (χ1v) is 6.69. The maximum Gasteiger partial charge on any atom is 0.255 e. The van der Waals surface area contributed by atoms with Crippen LogP contribution in [-0.2, 0) is 0 Å². The van der Waals surface area contributed by atoms with E-state index in [9.17, 15) is 4.79 Å². The number of nitrogens with one attached hydrogen (secondary N) is 1. The largest absolute Gasteiger partial charge is 0.466 e. The SMILES string of the molecule is Cc1cc(C(=O)NC(CN)C2CCCC2)c(C)o1. The second-order valence-electron chi connectivity index (χ2n) is 5.19. The van der Waals surface area contributed by atoms with Crippen molar-refractivity contribution < 1.29 is 9.21 Å². The molecule has 3 N–H and O–H groups in total. The lowest BCUT2D eigenvalue weighted by atomic mass is 9.98. The molecule has 1 aliphatic rings. The van der Waals surface area contributed by atoms with Crippen LogP contribution >= 0.6 is 0 Å². The van der Waals surface area contributed by atoms with E-state index in [2.05, 4.69) is 5.32 Å². The van der Waals surface area contributed by atoms with E-state index in [1.807, 2.05) is 13.8 Å². The highest BCUT2D eigenvalue weighted by molar-refractivity contribution is 5.95. The molecule has 2 rings (SSSR count). The summed E-state index contributed by atoms with van der Waals surface area (Å²) >= 11 is 0. The Hall–Kier alpha value is -1.29. The number of rotatable bonds is 4. The second kappa shape index (κ2) is 5.57. The molecule has 4 nitrogen and oxygen atoms in total. The van der Waals surface area contributed by atoms with Crippen LogP contribution in [0.5, 0.6) is 0 Å². The number of aryl methyl sites for hydroxylation is 2. The van der Waals surface area contributed by atoms with Gasteiger partial charge in [-0.1, -0.05) is 12.8 Å². The smallest absolute Gasteiger partial charge is 0.255 e. The first kappa shape index (κ1) is 13.1. The van der Waals surface area contributed by atoms with E-state index >= 15 is 0 Å². The summed E-state index contributed by atoms with van der Waals surface area (Å²) in [5, 5.41) is 3.06. The molecule has 1 fully saturated rings. The molecule has 1 atom stereocenters. The quantitative estimate of drug-likeness (QED) is 0.860. The van der Waals surface area contributed by atoms with Crippen LogP contribution < -0.4 is 11.1 Å². The molecule has 1 heterocycles. The zero-order valence-electron chi connectivity index (χ0n) is 11.2. The Morgan fingerprint density at radius 1 is 1.50 bits per heavy atom. The van der Waals surface area contributed by atoms with E-state index in [-0.39, 0.29) is 11.9 Å². The normalized spacial score (nSPS) is 17.9. The number of carbonyl (C=O) groups excluding carboxylic acids is 1. The Labute approximate surface area is 108 Å². The fraction of sp³-hybridized carbons (Fsp3) is 0.643. The molecule has 1 unspecified atom stereocenters. The molecule has 100 valence electrons. The Morgan fingerprint density at radius 2 is 2.17 bits per heavy atom. The van der Waals surface area contributed by atoms with Gasteiger partial charge in [0.1, 0.15) is 11.5 Å². The van der Waals surface area contributed by atoms with E-state index in [0.29, 0.717) is 23.8 Å². The molecule has 4 heteroatoms. The van der Waals surface area contributed by atoms with Crippen molar-refractivity contribution in [2.24, 2.45) is 11.7 Å². The highest BCUT2D eigenvalue weighted by Crippen LogP contribution is 2.27. The average Bonchev–Trinajstić information content (AvgIpc) is 2.95. The van der Waals surface area contributed by atoms with Crippen molar-refractivity contribution >= 4 is 5.91 Å². The Bertz CT molecular complexity index is 419. The zero-order chi connectivity index (χ0) is 13.1. The molecule has 0 saturated heterocycles. The van der Waals surface area contributed by atoms with Crippen LogP contribution in [0.4, 0.5) is 0 Å². The molecule has 18 heavy (non-hydrogen) atoms. The van der Waals surface area contributed by atoms with Crippen molar-refractivity contribution in [1.82, 2.24) is 5.32 Å². The summed E-state index contributed by atoms with van der Waals surface area (Å²) in [7, 11) is 0. The van der Waals surface area contributed by atoms with Crippen LogP contribution in [0.15, 0.2) is 10.5 Å². The Balaban J connectivity index is 2.03. The number of amides is 1. The van der Waals surface area contributed by atoms with Gasteiger partial charge in [0, 0.05) is 12.6 Å². The third-order valence-electron chi connectivity index (χ3n) is 3.82. The third kappa shape index (κ3) is 2.75. The van der Waals surface area contributed by atoms with Crippen LogP contribution in [0.2, 0.25) is 0 Å². The van der Waals surface area contributed by atoms with Crippen LogP contribution in [0.3, 0.4) is 0 Å². The molecule has 1 aromatic heterocycles. The Morgan fingerprint density at radius 3 is 2.67 bits per heavy atom. The Kier molecular flexibility index (Phi) is 4.07. The summed E-state index contributed by atoms with van der Waals surface area (Å²) in [6, 6.07) is 1.88. The van der Waals surface area contributed by atoms with Crippen LogP contribution in [0.25, 0.3) is 0 Å². The molecule has 1 amide bonds. The topological polar surface area (TPSA) is 68.3 Å². The minimum atomic E-state index is -0.0632.